The quantitative estimate of drug-likeness (QED) is 0.153. The summed E-state index contributed by atoms with van der Waals surface area (Å²) in [7, 11) is 0. The zero-order valence-electron chi connectivity index (χ0n) is 20.3. The highest BCUT2D eigenvalue weighted by Crippen LogP contribution is 2.41. The molecule has 5 nitrogen and oxygen atoms in total. The first-order valence-electron chi connectivity index (χ1n) is 12.9. The van der Waals surface area contributed by atoms with Crippen LogP contribution in [-0.4, -0.2) is 44.4 Å². The van der Waals surface area contributed by atoms with Crippen molar-refractivity contribution in [2.45, 2.75) is 122 Å². The zero-order valence-corrected chi connectivity index (χ0v) is 21.1. The maximum absolute atomic E-state index is 11.6. The Morgan fingerprint density at radius 3 is 2.03 bits per heavy atom. The van der Waals surface area contributed by atoms with Crippen LogP contribution in [0.15, 0.2) is 11.6 Å². The fourth-order valence-electron chi connectivity index (χ4n) is 4.87. The molecular weight excluding hydrogens is 424 g/mol. The predicted molar refractivity (Wildman–Crippen MR) is 133 cm³/mol. The molecule has 3 N–H and O–H groups in total. The van der Waals surface area contributed by atoms with Gasteiger partial charge in [-0.25, -0.2) is 0 Å². The van der Waals surface area contributed by atoms with Gasteiger partial charge in [0, 0.05) is 0 Å². The van der Waals surface area contributed by atoms with E-state index in [1.54, 1.807) is 0 Å². The lowest BCUT2D eigenvalue weighted by atomic mass is 9.74. The number of carboxylic acid groups (broad SMARTS) is 2. The number of hydrogen-bond donors (Lipinski definition) is 3. The molecule has 6 heteroatoms. The Morgan fingerprint density at radius 2 is 1.53 bits per heavy atom. The Morgan fingerprint density at radius 1 is 0.969 bits per heavy atom. The summed E-state index contributed by atoms with van der Waals surface area (Å²) in [5.74, 6) is -2.74. The molecule has 0 saturated heterocycles. The van der Waals surface area contributed by atoms with Crippen LogP contribution in [0, 0.1) is 11.8 Å². The van der Waals surface area contributed by atoms with Crippen LogP contribution in [0.4, 0.5) is 0 Å². The van der Waals surface area contributed by atoms with Crippen LogP contribution in [0.3, 0.4) is 0 Å². The van der Waals surface area contributed by atoms with E-state index in [0.717, 1.165) is 24.8 Å². The molecule has 1 fully saturated rings. The van der Waals surface area contributed by atoms with E-state index in [2.05, 4.69) is 13.0 Å². The van der Waals surface area contributed by atoms with Gasteiger partial charge < -0.3 is 15.3 Å². The molecule has 0 spiro atoms. The number of carboxylic acids is 2. The molecule has 1 rings (SSSR count). The maximum Gasteiger partial charge on any atom is 0.313 e. The van der Waals surface area contributed by atoms with Crippen molar-refractivity contribution in [3.05, 3.63) is 11.6 Å². The van der Waals surface area contributed by atoms with Crippen LogP contribution in [0.25, 0.3) is 0 Å². The molecule has 0 bridgehead atoms. The number of aliphatic carboxylic acids is 2. The number of unbranched alkanes of at least 4 members (excludes halogenated alkanes) is 11. The minimum atomic E-state index is -0.903. The molecule has 4 unspecified atom stereocenters. The van der Waals surface area contributed by atoms with E-state index in [1.165, 1.54) is 76.0 Å². The van der Waals surface area contributed by atoms with E-state index in [-0.39, 0.29) is 16.9 Å². The third kappa shape index (κ3) is 11.2. The van der Waals surface area contributed by atoms with E-state index in [1.807, 2.05) is 6.92 Å². The maximum atomic E-state index is 11.6. The molecule has 1 saturated carbocycles. The lowest BCUT2D eigenvalue weighted by Crippen LogP contribution is -2.43. The van der Waals surface area contributed by atoms with Gasteiger partial charge in [-0.1, -0.05) is 89.7 Å². The average molecular weight is 471 g/mol. The van der Waals surface area contributed by atoms with Crippen molar-refractivity contribution >= 4 is 23.7 Å². The summed E-state index contributed by atoms with van der Waals surface area (Å²) in [5.41, 5.74) is 1.10. The SMILES string of the molecule is CCCCCCCCCCCCCC=C1CCC(C(CC)C(=O)O)C(O)C1SCC(=O)O. The van der Waals surface area contributed by atoms with Gasteiger partial charge in [-0.3, -0.25) is 9.59 Å². The van der Waals surface area contributed by atoms with E-state index in [9.17, 15) is 19.8 Å². The normalized spacial score (nSPS) is 23.3. The molecular formula is C26H46O5S. The summed E-state index contributed by atoms with van der Waals surface area (Å²) in [5, 5.41) is 29.2. The second kappa shape index (κ2) is 17.5. The van der Waals surface area contributed by atoms with Crippen molar-refractivity contribution in [1.29, 1.82) is 0 Å². The van der Waals surface area contributed by atoms with Crippen LogP contribution >= 0.6 is 11.8 Å². The Bertz CT molecular complexity index is 562. The summed E-state index contributed by atoms with van der Waals surface area (Å²) in [6.07, 6.45) is 18.6. The molecule has 0 aromatic rings. The highest BCUT2D eigenvalue weighted by molar-refractivity contribution is 8.00. The summed E-state index contributed by atoms with van der Waals surface area (Å²) in [4.78, 5) is 22.7. The molecule has 0 aromatic heterocycles. The fourth-order valence-corrected chi connectivity index (χ4v) is 6.02. The number of hydrogen-bond acceptors (Lipinski definition) is 4. The molecule has 1 aliphatic rings. The lowest BCUT2D eigenvalue weighted by molar-refractivity contribution is -0.146. The van der Waals surface area contributed by atoms with Gasteiger partial charge in [0.2, 0.25) is 0 Å². The van der Waals surface area contributed by atoms with Gasteiger partial charge in [0.15, 0.2) is 0 Å². The van der Waals surface area contributed by atoms with Gasteiger partial charge in [-0.2, -0.15) is 0 Å². The number of thioether (sulfide) groups is 1. The monoisotopic (exact) mass is 470 g/mol. The fraction of sp³-hybridized carbons (Fsp3) is 0.846. The minimum Gasteiger partial charge on any atom is -0.481 e. The third-order valence-electron chi connectivity index (χ3n) is 6.76. The first-order valence-corrected chi connectivity index (χ1v) is 13.9. The van der Waals surface area contributed by atoms with Gasteiger partial charge in [0.1, 0.15) is 0 Å². The summed E-state index contributed by atoms with van der Waals surface area (Å²) >= 11 is 1.24. The van der Waals surface area contributed by atoms with Gasteiger partial charge >= 0.3 is 11.9 Å². The third-order valence-corrected chi connectivity index (χ3v) is 8.11. The molecule has 0 aromatic carbocycles. The van der Waals surface area contributed by atoms with Gasteiger partial charge in [0.05, 0.1) is 23.0 Å². The Balaban J connectivity index is 2.43. The second-order valence-electron chi connectivity index (χ2n) is 9.27. The minimum absolute atomic E-state index is 0.0753. The molecule has 0 radical (unpaired) electrons. The topological polar surface area (TPSA) is 94.8 Å². The van der Waals surface area contributed by atoms with Gasteiger partial charge in [-0.15, -0.1) is 11.8 Å². The largest absolute Gasteiger partial charge is 0.481 e. The van der Waals surface area contributed by atoms with Crippen molar-refractivity contribution in [2.75, 3.05) is 5.75 Å². The highest BCUT2D eigenvalue weighted by Gasteiger charge is 2.41. The molecule has 4 atom stereocenters. The number of carbonyl (C=O) groups is 2. The predicted octanol–water partition coefficient (Wildman–Crippen LogP) is 6.68. The summed E-state index contributed by atoms with van der Waals surface area (Å²) in [6.45, 7) is 4.09. The van der Waals surface area contributed by atoms with Gasteiger partial charge in [-0.05, 0) is 38.0 Å². The zero-order chi connectivity index (χ0) is 23.8. The molecule has 0 amide bonds. The van der Waals surface area contributed by atoms with Crippen molar-refractivity contribution < 1.29 is 24.9 Å². The molecule has 0 heterocycles. The van der Waals surface area contributed by atoms with Crippen LogP contribution in [0.2, 0.25) is 0 Å². The van der Waals surface area contributed by atoms with Crippen molar-refractivity contribution in [3.8, 4) is 0 Å². The van der Waals surface area contributed by atoms with E-state index < -0.39 is 24.0 Å². The Kier molecular flexibility index (Phi) is 15.8. The number of aliphatic hydroxyl groups is 1. The van der Waals surface area contributed by atoms with Crippen LogP contribution in [-0.2, 0) is 9.59 Å². The number of rotatable bonds is 18. The van der Waals surface area contributed by atoms with E-state index in [4.69, 9.17) is 5.11 Å². The number of allylic oxidation sites excluding steroid dienone is 1. The highest BCUT2D eigenvalue weighted by atomic mass is 32.2. The molecule has 1 aliphatic carbocycles. The molecule has 186 valence electrons. The smallest absolute Gasteiger partial charge is 0.313 e. The van der Waals surface area contributed by atoms with Crippen molar-refractivity contribution in [1.82, 2.24) is 0 Å². The molecule has 32 heavy (non-hydrogen) atoms. The van der Waals surface area contributed by atoms with Crippen LogP contribution in [0.1, 0.15) is 110 Å². The number of aliphatic hydroxyl groups excluding tert-OH is 1. The lowest BCUT2D eigenvalue weighted by Gasteiger charge is -2.39. The second-order valence-corrected chi connectivity index (χ2v) is 10.4. The first-order chi connectivity index (χ1) is 15.4. The first kappa shape index (κ1) is 29.0. The Labute approximate surface area is 199 Å². The Hall–Kier alpha value is -1.01. The van der Waals surface area contributed by atoms with Crippen LogP contribution < -0.4 is 0 Å². The van der Waals surface area contributed by atoms with Crippen molar-refractivity contribution in [3.63, 3.8) is 0 Å². The van der Waals surface area contributed by atoms with Crippen LogP contribution in [0.5, 0.6) is 0 Å². The standard InChI is InChI=1S/C26H46O5S/c1-3-5-6-7-8-9-10-11-12-13-14-15-16-20-17-18-22(21(4-2)26(30)31)24(29)25(20)32-19-23(27)28/h16,21-22,24-25,29H,3-15,17-19H2,1-2H3,(H,27,28)(H,30,31). The van der Waals surface area contributed by atoms with E-state index in [0.29, 0.717) is 12.8 Å². The van der Waals surface area contributed by atoms with Crippen molar-refractivity contribution in [2.24, 2.45) is 11.8 Å². The van der Waals surface area contributed by atoms with Gasteiger partial charge in [0.25, 0.3) is 0 Å². The molecule has 0 aliphatic heterocycles. The average Bonchev–Trinajstić information content (AvgIpc) is 2.75. The van der Waals surface area contributed by atoms with E-state index >= 15 is 0 Å². The summed E-state index contributed by atoms with van der Waals surface area (Å²) in [6, 6.07) is 0. The summed E-state index contributed by atoms with van der Waals surface area (Å²) < 4.78 is 0.